The van der Waals surface area contributed by atoms with Crippen LogP contribution in [0.4, 0.5) is 5.82 Å². The smallest absolute Gasteiger partial charge is 0.161 e. The zero-order valence-electron chi connectivity index (χ0n) is 10.4. The Morgan fingerprint density at radius 2 is 2.00 bits per heavy atom. The van der Waals surface area contributed by atoms with E-state index in [9.17, 15) is 0 Å². The van der Waals surface area contributed by atoms with Crippen LogP contribution < -0.4 is 10.5 Å². The van der Waals surface area contributed by atoms with Gasteiger partial charge in [0.15, 0.2) is 5.65 Å². The van der Waals surface area contributed by atoms with Crippen LogP contribution in [0.3, 0.4) is 0 Å². The van der Waals surface area contributed by atoms with Gasteiger partial charge in [0.1, 0.15) is 17.4 Å². The van der Waals surface area contributed by atoms with Crippen LogP contribution in [0.2, 0.25) is 0 Å². The zero-order chi connectivity index (χ0) is 13.2. The van der Waals surface area contributed by atoms with Gasteiger partial charge >= 0.3 is 0 Å². The number of fused-ring (bicyclic) bond motifs is 1. The summed E-state index contributed by atoms with van der Waals surface area (Å²) in [7, 11) is 1.64. The molecule has 1 aromatic carbocycles. The summed E-state index contributed by atoms with van der Waals surface area (Å²) in [5.41, 5.74) is 7.63. The summed E-state index contributed by atoms with van der Waals surface area (Å²) in [6.07, 6.45) is 2.24. The Bertz CT molecular complexity index is 705. The molecule has 6 heteroatoms. The van der Waals surface area contributed by atoms with Gasteiger partial charge in [0.25, 0.3) is 0 Å². The van der Waals surface area contributed by atoms with E-state index in [4.69, 9.17) is 10.5 Å². The number of nitrogen functional groups attached to an aromatic ring is 1. The molecule has 0 amide bonds. The van der Waals surface area contributed by atoms with E-state index in [1.54, 1.807) is 13.3 Å². The normalized spacial score (nSPS) is 10.8. The molecule has 0 aliphatic heterocycles. The van der Waals surface area contributed by atoms with E-state index in [-0.39, 0.29) is 0 Å². The van der Waals surface area contributed by atoms with Crippen LogP contribution in [0, 0.1) is 0 Å². The third kappa shape index (κ3) is 2.20. The molecule has 3 rings (SSSR count). The lowest BCUT2D eigenvalue weighted by Gasteiger charge is -2.04. The minimum Gasteiger partial charge on any atom is -0.497 e. The van der Waals surface area contributed by atoms with Crippen LogP contribution in [-0.4, -0.2) is 27.3 Å². The Balaban J connectivity index is 1.91. The summed E-state index contributed by atoms with van der Waals surface area (Å²) in [4.78, 5) is 8.68. The number of aromatic amines is 1. The zero-order valence-corrected chi connectivity index (χ0v) is 10.4. The fourth-order valence-corrected chi connectivity index (χ4v) is 1.91. The van der Waals surface area contributed by atoms with Crippen molar-refractivity contribution in [3.63, 3.8) is 0 Å². The maximum absolute atomic E-state index is 5.87. The number of aromatic nitrogens is 4. The number of anilines is 1. The molecule has 0 radical (unpaired) electrons. The number of benzene rings is 1. The van der Waals surface area contributed by atoms with Crippen LogP contribution in [0.1, 0.15) is 11.4 Å². The number of nitrogens with one attached hydrogen (secondary N) is 1. The van der Waals surface area contributed by atoms with Crippen LogP contribution >= 0.6 is 0 Å². The van der Waals surface area contributed by atoms with Crippen molar-refractivity contribution in [1.29, 1.82) is 0 Å². The number of hydrogen-bond acceptors (Lipinski definition) is 5. The van der Waals surface area contributed by atoms with Gasteiger partial charge in [0, 0.05) is 6.42 Å². The summed E-state index contributed by atoms with van der Waals surface area (Å²) < 4.78 is 5.12. The molecule has 19 heavy (non-hydrogen) atoms. The third-order valence-corrected chi connectivity index (χ3v) is 2.91. The average molecular weight is 255 g/mol. The lowest BCUT2D eigenvalue weighted by atomic mass is 10.1. The predicted octanol–water partition coefficient (Wildman–Crippen LogP) is 1.53. The number of methoxy groups -OCH3 is 1. The second-order valence-corrected chi connectivity index (χ2v) is 4.18. The fraction of sp³-hybridized carbons (Fsp3) is 0.154. The van der Waals surface area contributed by atoms with Crippen LogP contribution in [-0.2, 0) is 6.42 Å². The van der Waals surface area contributed by atoms with Crippen molar-refractivity contribution in [1.82, 2.24) is 20.2 Å². The minimum absolute atomic E-state index is 0.447. The number of nitrogens with zero attached hydrogens (tertiary/aromatic N) is 3. The molecule has 6 nitrogen and oxygen atoms in total. The first-order valence-corrected chi connectivity index (χ1v) is 5.84. The van der Waals surface area contributed by atoms with E-state index in [1.807, 2.05) is 24.3 Å². The van der Waals surface area contributed by atoms with Crippen molar-refractivity contribution in [3.05, 3.63) is 41.9 Å². The van der Waals surface area contributed by atoms with Gasteiger partial charge in [-0.3, -0.25) is 5.10 Å². The van der Waals surface area contributed by atoms with Gasteiger partial charge in [-0.15, -0.1) is 0 Å². The Labute approximate surface area is 109 Å². The molecule has 2 aromatic heterocycles. The fourth-order valence-electron chi connectivity index (χ4n) is 1.91. The molecule has 0 unspecified atom stereocenters. The highest BCUT2D eigenvalue weighted by atomic mass is 16.5. The molecule has 2 heterocycles. The molecular weight excluding hydrogens is 242 g/mol. The summed E-state index contributed by atoms with van der Waals surface area (Å²) in [5, 5.41) is 7.46. The van der Waals surface area contributed by atoms with E-state index >= 15 is 0 Å². The van der Waals surface area contributed by atoms with Gasteiger partial charge in [0.05, 0.1) is 18.7 Å². The Hall–Kier alpha value is -2.63. The first kappa shape index (κ1) is 11.5. The molecule has 96 valence electrons. The van der Waals surface area contributed by atoms with E-state index < -0.39 is 0 Å². The van der Waals surface area contributed by atoms with Gasteiger partial charge in [-0.25, -0.2) is 9.97 Å². The molecule has 3 N–H and O–H groups in total. The molecule has 0 saturated heterocycles. The monoisotopic (exact) mass is 255 g/mol. The van der Waals surface area contributed by atoms with Gasteiger partial charge < -0.3 is 10.5 Å². The second-order valence-electron chi connectivity index (χ2n) is 4.18. The van der Waals surface area contributed by atoms with Crippen LogP contribution in [0.15, 0.2) is 30.5 Å². The lowest BCUT2D eigenvalue weighted by Crippen LogP contribution is -2.01. The highest BCUT2D eigenvalue weighted by Crippen LogP contribution is 2.17. The van der Waals surface area contributed by atoms with Crippen LogP contribution in [0.5, 0.6) is 5.75 Å². The van der Waals surface area contributed by atoms with Crippen molar-refractivity contribution >= 4 is 16.9 Å². The third-order valence-electron chi connectivity index (χ3n) is 2.91. The maximum atomic E-state index is 5.87. The number of ether oxygens (including phenoxy) is 1. The SMILES string of the molecule is COc1ccc(Cc2nc(N)c3cn[nH]c3n2)cc1. The first-order valence-electron chi connectivity index (χ1n) is 5.84. The van der Waals surface area contributed by atoms with E-state index in [2.05, 4.69) is 20.2 Å². The van der Waals surface area contributed by atoms with Gasteiger partial charge in [-0.1, -0.05) is 12.1 Å². The van der Waals surface area contributed by atoms with Gasteiger partial charge in [-0.05, 0) is 17.7 Å². The molecular formula is C13H13N5O. The van der Waals surface area contributed by atoms with Gasteiger partial charge in [0.2, 0.25) is 0 Å². The summed E-state index contributed by atoms with van der Waals surface area (Å²) in [5.74, 6) is 1.94. The lowest BCUT2D eigenvalue weighted by molar-refractivity contribution is 0.414. The Kier molecular flexibility index (Phi) is 2.75. The van der Waals surface area contributed by atoms with Crippen molar-refractivity contribution in [2.45, 2.75) is 6.42 Å². The molecule has 0 aliphatic rings. The Morgan fingerprint density at radius 3 is 2.74 bits per heavy atom. The molecule has 0 fully saturated rings. The summed E-state index contributed by atoms with van der Waals surface area (Å²) in [6.45, 7) is 0. The number of rotatable bonds is 3. The van der Waals surface area contributed by atoms with E-state index in [0.29, 0.717) is 23.7 Å². The maximum Gasteiger partial charge on any atom is 0.161 e. The molecule has 0 aliphatic carbocycles. The van der Waals surface area contributed by atoms with Crippen molar-refractivity contribution < 1.29 is 4.74 Å². The number of nitrogens with two attached hydrogens (primary N) is 1. The second kappa shape index (κ2) is 4.56. The summed E-state index contributed by atoms with van der Waals surface area (Å²) in [6, 6.07) is 7.78. The Morgan fingerprint density at radius 1 is 1.21 bits per heavy atom. The highest BCUT2D eigenvalue weighted by Gasteiger charge is 2.07. The predicted molar refractivity (Wildman–Crippen MR) is 71.9 cm³/mol. The molecule has 0 bridgehead atoms. The largest absolute Gasteiger partial charge is 0.497 e. The molecule has 0 saturated carbocycles. The topological polar surface area (TPSA) is 89.7 Å². The highest BCUT2D eigenvalue weighted by molar-refractivity contribution is 5.84. The molecule has 0 atom stereocenters. The first-order chi connectivity index (χ1) is 9.26. The van der Waals surface area contributed by atoms with E-state index in [0.717, 1.165) is 16.7 Å². The minimum atomic E-state index is 0.447. The van der Waals surface area contributed by atoms with Gasteiger partial charge in [-0.2, -0.15) is 5.10 Å². The van der Waals surface area contributed by atoms with E-state index in [1.165, 1.54) is 0 Å². The van der Waals surface area contributed by atoms with Crippen LogP contribution in [0.25, 0.3) is 11.0 Å². The molecule has 0 spiro atoms. The van der Waals surface area contributed by atoms with Crippen molar-refractivity contribution in [2.75, 3.05) is 12.8 Å². The number of hydrogen-bond donors (Lipinski definition) is 2. The molecule has 3 aromatic rings. The number of H-pyrrole nitrogens is 1. The quantitative estimate of drug-likeness (QED) is 0.740. The average Bonchev–Trinajstić information content (AvgIpc) is 2.88. The van der Waals surface area contributed by atoms with Crippen molar-refractivity contribution in [2.24, 2.45) is 0 Å². The summed E-state index contributed by atoms with van der Waals surface area (Å²) >= 11 is 0. The standard InChI is InChI=1S/C13H13N5O/c1-19-9-4-2-8(3-5-9)6-11-16-12(14)10-7-15-18-13(10)17-11/h2-5,7H,6H2,1H3,(H3,14,15,16,17,18). The van der Waals surface area contributed by atoms with Crippen molar-refractivity contribution in [3.8, 4) is 5.75 Å².